The van der Waals surface area contributed by atoms with Crippen LogP contribution in [0.4, 0.5) is 13.2 Å². The highest BCUT2D eigenvalue weighted by molar-refractivity contribution is 5.70. The summed E-state index contributed by atoms with van der Waals surface area (Å²) in [4.78, 5) is 13.2. The molecule has 1 aromatic carbocycles. The summed E-state index contributed by atoms with van der Waals surface area (Å²) in [5, 5.41) is 9.16. The molecule has 2 rings (SSSR count). The Morgan fingerprint density at radius 1 is 1.36 bits per heavy atom. The first kappa shape index (κ1) is 16.8. The Hall–Kier alpha value is -1.56. The van der Waals surface area contributed by atoms with E-state index in [1.54, 1.807) is 0 Å². The van der Waals surface area contributed by atoms with Crippen LogP contribution >= 0.6 is 0 Å². The fourth-order valence-electron chi connectivity index (χ4n) is 3.09. The molecule has 0 spiro atoms. The molecule has 2 atom stereocenters. The summed E-state index contributed by atoms with van der Waals surface area (Å²) in [5.74, 6) is -1.19. The van der Waals surface area contributed by atoms with Crippen LogP contribution in [0.1, 0.15) is 43.4 Å². The summed E-state index contributed by atoms with van der Waals surface area (Å²) >= 11 is 0. The van der Waals surface area contributed by atoms with Gasteiger partial charge in [-0.3, -0.25) is 9.69 Å². The molecule has 1 fully saturated rings. The Morgan fingerprint density at radius 2 is 2.00 bits per heavy atom. The Kier molecular flexibility index (Phi) is 5.11. The van der Waals surface area contributed by atoms with E-state index in [4.69, 9.17) is 5.11 Å². The zero-order chi connectivity index (χ0) is 16.3. The molecule has 0 saturated carbocycles. The van der Waals surface area contributed by atoms with Crippen LogP contribution in [0, 0.1) is 5.92 Å². The van der Waals surface area contributed by atoms with Crippen LogP contribution in [0.15, 0.2) is 24.3 Å². The van der Waals surface area contributed by atoms with E-state index in [-0.39, 0.29) is 6.04 Å². The summed E-state index contributed by atoms with van der Waals surface area (Å²) in [6.07, 6.45) is -2.14. The SMILES string of the molecule is CCC(c1ccc(C(F)(F)F)cc1)N1CCCC(C(=O)O)C1. The molecule has 3 nitrogen and oxygen atoms in total. The van der Waals surface area contributed by atoms with Crippen molar-refractivity contribution in [3.8, 4) is 0 Å². The highest BCUT2D eigenvalue weighted by atomic mass is 19.4. The van der Waals surface area contributed by atoms with Crippen molar-refractivity contribution in [2.45, 2.75) is 38.4 Å². The van der Waals surface area contributed by atoms with Crippen molar-refractivity contribution in [3.63, 3.8) is 0 Å². The van der Waals surface area contributed by atoms with Crippen LogP contribution < -0.4 is 0 Å². The van der Waals surface area contributed by atoms with E-state index in [1.807, 2.05) is 6.92 Å². The lowest BCUT2D eigenvalue weighted by molar-refractivity contribution is -0.144. The summed E-state index contributed by atoms with van der Waals surface area (Å²) in [6, 6.07) is 5.15. The molecule has 0 radical (unpaired) electrons. The van der Waals surface area contributed by atoms with Crippen molar-refractivity contribution in [1.82, 2.24) is 4.90 Å². The van der Waals surface area contributed by atoms with E-state index in [2.05, 4.69) is 4.90 Å². The normalized spacial score (nSPS) is 21.5. The highest BCUT2D eigenvalue weighted by Gasteiger charge is 2.32. The maximum absolute atomic E-state index is 12.6. The number of halogens is 3. The highest BCUT2D eigenvalue weighted by Crippen LogP contribution is 2.33. The van der Waals surface area contributed by atoms with Gasteiger partial charge in [0.2, 0.25) is 0 Å². The van der Waals surface area contributed by atoms with E-state index in [9.17, 15) is 18.0 Å². The van der Waals surface area contributed by atoms with Crippen LogP contribution in [0.3, 0.4) is 0 Å². The molecule has 1 aliphatic heterocycles. The number of likely N-dealkylation sites (tertiary alicyclic amines) is 1. The van der Waals surface area contributed by atoms with Crippen LogP contribution in [0.5, 0.6) is 0 Å². The molecular weight excluding hydrogens is 295 g/mol. The summed E-state index contributed by atoms with van der Waals surface area (Å²) in [6.45, 7) is 3.20. The fourth-order valence-corrected chi connectivity index (χ4v) is 3.09. The second-order valence-electron chi connectivity index (χ2n) is 5.72. The first-order chi connectivity index (χ1) is 10.3. The second kappa shape index (κ2) is 6.69. The molecule has 1 saturated heterocycles. The minimum atomic E-state index is -4.33. The molecule has 22 heavy (non-hydrogen) atoms. The molecule has 122 valence electrons. The standard InChI is InChI=1S/C16H20F3NO2/c1-2-14(20-9-3-4-12(10-20)15(21)22)11-5-7-13(8-6-11)16(17,18)19/h5-8,12,14H,2-4,9-10H2,1H3,(H,21,22). The number of rotatable bonds is 4. The molecule has 1 aliphatic rings. The van der Waals surface area contributed by atoms with Gasteiger partial charge in [-0.2, -0.15) is 13.2 Å². The Balaban J connectivity index is 2.15. The van der Waals surface area contributed by atoms with E-state index < -0.39 is 23.6 Å². The number of carboxylic acids is 1. The van der Waals surface area contributed by atoms with E-state index in [0.29, 0.717) is 13.0 Å². The lowest BCUT2D eigenvalue weighted by atomic mass is 9.93. The van der Waals surface area contributed by atoms with Gasteiger partial charge in [-0.25, -0.2) is 0 Å². The van der Waals surface area contributed by atoms with Crippen molar-refractivity contribution < 1.29 is 23.1 Å². The predicted octanol–water partition coefficient (Wildman–Crippen LogP) is 3.95. The summed E-state index contributed by atoms with van der Waals surface area (Å²) in [5.41, 5.74) is 0.148. The van der Waals surface area contributed by atoms with Crippen molar-refractivity contribution in [2.75, 3.05) is 13.1 Å². The summed E-state index contributed by atoms with van der Waals surface area (Å²) < 4.78 is 37.9. The fraction of sp³-hybridized carbons (Fsp3) is 0.562. The van der Waals surface area contributed by atoms with Gasteiger partial charge in [0.25, 0.3) is 0 Å². The molecule has 1 aromatic rings. The minimum Gasteiger partial charge on any atom is -0.481 e. The molecule has 1 heterocycles. The number of hydrogen-bond donors (Lipinski definition) is 1. The third kappa shape index (κ3) is 3.80. The maximum atomic E-state index is 12.6. The van der Waals surface area contributed by atoms with Gasteiger partial charge < -0.3 is 5.11 Å². The van der Waals surface area contributed by atoms with Gasteiger partial charge >= 0.3 is 12.1 Å². The predicted molar refractivity (Wildman–Crippen MR) is 76.4 cm³/mol. The molecule has 2 unspecified atom stereocenters. The Morgan fingerprint density at radius 3 is 2.50 bits per heavy atom. The van der Waals surface area contributed by atoms with E-state index in [1.165, 1.54) is 12.1 Å². The lowest BCUT2D eigenvalue weighted by Gasteiger charge is -2.37. The van der Waals surface area contributed by atoms with Gasteiger partial charge in [0.05, 0.1) is 11.5 Å². The third-order valence-electron chi connectivity index (χ3n) is 4.25. The molecule has 0 aromatic heterocycles. The van der Waals surface area contributed by atoms with E-state index >= 15 is 0 Å². The van der Waals surface area contributed by atoms with Gasteiger partial charge in [-0.15, -0.1) is 0 Å². The number of nitrogens with zero attached hydrogens (tertiary/aromatic N) is 1. The molecular formula is C16H20F3NO2. The monoisotopic (exact) mass is 315 g/mol. The van der Waals surface area contributed by atoms with Gasteiger partial charge in [0.15, 0.2) is 0 Å². The smallest absolute Gasteiger partial charge is 0.416 e. The average molecular weight is 315 g/mol. The second-order valence-corrected chi connectivity index (χ2v) is 5.72. The van der Waals surface area contributed by atoms with Gasteiger partial charge in [-0.1, -0.05) is 19.1 Å². The van der Waals surface area contributed by atoms with E-state index in [0.717, 1.165) is 37.1 Å². The number of carbonyl (C=O) groups is 1. The average Bonchev–Trinajstić information content (AvgIpc) is 2.48. The number of aliphatic carboxylic acids is 1. The van der Waals surface area contributed by atoms with Crippen molar-refractivity contribution in [3.05, 3.63) is 35.4 Å². The number of benzene rings is 1. The number of carboxylic acid groups (broad SMARTS) is 1. The number of piperidine rings is 1. The van der Waals surface area contributed by atoms with Crippen molar-refractivity contribution in [1.29, 1.82) is 0 Å². The molecule has 0 amide bonds. The lowest BCUT2D eigenvalue weighted by Crippen LogP contribution is -2.40. The van der Waals surface area contributed by atoms with Gasteiger partial charge in [0, 0.05) is 12.6 Å². The van der Waals surface area contributed by atoms with Crippen LogP contribution in [0.25, 0.3) is 0 Å². The van der Waals surface area contributed by atoms with Crippen molar-refractivity contribution >= 4 is 5.97 Å². The van der Waals surface area contributed by atoms with Crippen LogP contribution in [-0.2, 0) is 11.0 Å². The molecule has 0 aliphatic carbocycles. The van der Waals surface area contributed by atoms with Crippen LogP contribution in [0.2, 0.25) is 0 Å². The first-order valence-corrected chi connectivity index (χ1v) is 7.47. The topological polar surface area (TPSA) is 40.5 Å². The summed E-state index contributed by atoms with van der Waals surface area (Å²) in [7, 11) is 0. The minimum absolute atomic E-state index is 0.0376. The Bertz CT molecular complexity index is 513. The van der Waals surface area contributed by atoms with Crippen LogP contribution in [-0.4, -0.2) is 29.1 Å². The molecule has 1 N–H and O–H groups in total. The third-order valence-corrected chi connectivity index (χ3v) is 4.25. The van der Waals surface area contributed by atoms with Gasteiger partial charge in [-0.05, 0) is 43.5 Å². The van der Waals surface area contributed by atoms with Crippen molar-refractivity contribution in [2.24, 2.45) is 5.92 Å². The zero-order valence-corrected chi connectivity index (χ0v) is 12.4. The quantitative estimate of drug-likeness (QED) is 0.914. The number of hydrogen-bond acceptors (Lipinski definition) is 2. The first-order valence-electron chi connectivity index (χ1n) is 7.47. The molecule has 0 bridgehead atoms. The number of alkyl halides is 3. The maximum Gasteiger partial charge on any atom is 0.416 e. The van der Waals surface area contributed by atoms with Gasteiger partial charge in [0.1, 0.15) is 0 Å². The largest absolute Gasteiger partial charge is 0.481 e. The Labute approximate surface area is 127 Å². The molecule has 6 heteroatoms. The zero-order valence-electron chi connectivity index (χ0n) is 12.4.